The minimum Gasteiger partial charge on any atom is -0.324 e. The molecule has 0 atom stereocenters. The topological polar surface area (TPSA) is 40.7 Å². The summed E-state index contributed by atoms with van der Waals surface area (Å²) in [4.78, 5) is 7.70. The van der Waals surface area contributed by atoms with Gasteiger partial charge in [0.25, 0.3) is 0 Å². The number of anilines is 2. The molecule has 0 fully saturated rings. The van der Waals surface area contributed by atoms with Crippen LogP contribution in [0.15, 0.2) is 42.5 Å². The number of fused-ring (bicyclic) bond motifs is 1. The number of halogens is 1. The fourth-order valence-corrected chi connectivity index (χ4v) is 2.06. The van der Waals surface area contributed by atoms with Crippen molar-refractivity contribution >= 4 is 34.3 Å². The highest BCUT2D eigenvalue weighted by Gasteiger charge is 2.04. The highest BCUT2D eigenvalue weighted by Crippen LogP contribution is 2.24. The first-order valence-electron chi connectivity index (χ1n) is 5.70. The summed E-state index contributed by atoms with van der Waals surface area (Å²) in [5.41, 5.74) is 4.00. The molecule has 2 aromatic carbocycles. The lowest BCUT2D eigenvalue weighted by atomic mass is 10.2. The summed E-state index contributed by atoms with van der Waals surface area (Å²) in [6.07, 6.45) is 0. The highest BCUT2D eigenvalue weighted by atomic mass is 35.5. The van der Waals surface area contributed by atoms with Crippen LogP contribution in [0.2, 0.25) is 5.02 Å². The van der Waals surface area contributed by atoms with Gasteiger partial charge in [-0.3, -0.25) is 0 Å². The van der Waals surface area contributed by atoms with Crippen LogP contribution in [0.3, 0.4) is 0 Å². The van der Waals surface area contributed by atoms with E-state index in [-0.39, 0.29) is 0 Å². The molecule has 0 spiro atoms. The summed E-state index contributed by atoms with van der Waals surface area (Å²) in [6, 6.07) is 13.7. The molecule has 1 aromatic heterocycles. The molecule has 0 bridgehead atoms. The van der Waals surface area contributed by atoms with E-state index >= 15 is 0 Å². The fourth-order valence-electron chi connectivity index (χ4n) is 1.87. The van der Waals surface area contributed by atoms with Crippen LogP contribution < -0.4 is 5.32 Å². The Kier molecular flexibility index (Phi) is 2.68. The van der Waals surface area contributed by atoms with Gasteiger partial charge in [0.2, 0.25) is 5.95 Å². The van der Waals surface area contributed by atoms with Crippen molar-refractivity contribution in [2.24, 2.45) is 0 Å². The number of aromatic nitrogens is 2. The van der Waals surface area contributed by atoms with E-state index in [1.165, 1.54) is 5.56 Å². The highest BCUT2D eigenvalue weighted by molar-refractivity contribution is 6.33. The number of para-hydroxylation sites is 1. The molecule has 0 aliphatic heterocycles. The standard InChI is InChI=1S/C14H12ClN3/c1-9-6-7-12-13(8-9)18-14(17-12)16-11-5-3-2-4-10(11)15/h2-8H,1H3,(H2,16,17,18). The number of nitrogens with zero attached hydrogens (tertiary/aromatic N) is 1. The van der Waals surface area contributed by atoms with Gasteiger partial charge in [-0.1, -0.05) is 29.8 Å². The summed E-state index contributed by atoms with van der Waals surface area (Å²) in [5.74, 6) is 0.698. The van der Waals surface area contributed by atoms with Crippen LogP contribution in [-0.4, -0.2) is 9.97 Å². The van der Waals surface area contributed by atoms with Crippen LogP contribution in [0.25, 0.3) is 11.0 Å². The summed E-state index contributed by atoms with van der Waals surface area (Å²) in [6.45, 7) is 2.06. The SMILES string of the molecule is Cc1ccc2nc(Nc3ccccc3Cl)[nH]c2c1. The largest absolute Gasteiger partial charge is 0.324 e. The normalized spacial score (nSPS) is 10.8. The molecule has 3 rings (SSSR count). The van der Waals surface area contributed by atoms with Crippen molar-refractivity contribution in [2.45, 2.75) is 6.92 Å². The minimum absolute atomic E-state index is 0.675. The summed E-state index contributed by atoms with van der Waals surface area (Å²) < 4.78 is 0. The van der Waals surface area contributed by atoms with E-state index in [2.05, 4.69) is 28.3 Å². The second-order valence-electron chi connectivity index (χ2n) is 4.21. The number of H-pyrrole nitrogens is 1. The maximum Gasteiger partial charge on any atom is 0.205 e. The summed E-state index contributed by atoms with van der Waals surface area (Å²) >= 11 is 6.09. The molecule has 0 aliphatic rings. The van der Waals surface area contributed by atoms with Gasteiger partial charge in [0, 0.05) is 0 Å². The predicted octanol–water partition coefficient (Wildman–Crippen LogP) is 4.27. The fraction of sp³-hybridized carbons (Fsp3) is 0.0714. The first-order chi connectivity index (χ1) is 8.72. The van der Waals surface area contributed by atoms with Crippen molar-refractivity contribution in [3.63, 3.8) is 0 Å². The quantitative estimate of drug-likeness (QED) is 0.720. The molecule has 0 saturated carbocycles. The van der Waals surface area contributed by atoms with Gasteiger partial charge in [0.15, 0.2) is 0 Å². The molecular weight excluding hydrogens is 246 g/mol. The number of nitrogens with one attached hydrogen (secondary N) is 2. The molecule has 0 unspecified atom stereocenters. The summed E-state index contributed by atoms with van der Waals surface area (Å²) in [7, 11) is 0. The molecule has 4 heteroatoms. The zero-order chi connectivity index (χ0) is 12.5. The maximum absolute atomic E-state index is 6.09. The van der Waals surface area contributed by atoms with Gasteiger partial charge in [-0.2, -0.15) is 0 Å². The van der Waals surface area contributed by atoms with Crippen molar-refractivity contribution < 1.29 is 0 Å². The molecule has 2 N–H and O–H groups in total. The van der Waals surface area contributed by atoms with E-state index in [0.29, 0.717) is 11.0 Å². The lowest BCUT2D eigenvalue weighted by Crippen LogP contribution is -1.92. The second kappa shape index (κ2) is 4.35. The molecule has 0 saturated heterocycles. The maximum atomic E-state index is 6.09. The third-order valence-corrected chi connectivity index (χ3v) is 3.09. The molecule has 0 aliphatic carbocycles. The van der Waals surface area contributed by atoms with Crippen molar-refractivity contribution in [1.29, 1.82) is 0 Å². The molecule has 3 nitrogen and oxygen atoms in total. The predicted molar refractivity (Wildman–Crippen MR) is 75.6 cm³/mol. The number of hydrogen-bond acceptors (Lipinski definition) is 2. The van der Waals surface area contributed by atoms with Gasteiger partial charge < -0.3 is 10.3 Å². The van der Waals surface area contributed by atoms with Crippen LogP contribution in [0, 0.1) is 6.92 Å². The Morgan fingerprint density at radius 1 is 1.17 bits per heavy atom. The lowest BCUT2D eigenvalue weighted by Gasteiger charge is -2.03. The Hall–Kier alpha value is -2.00. The molecule has 0 radical (unpaired) electrons. The van der Waals surface area contributed by atoms with Crippen molar-refractivity contribution in [3.05, 3.63) is 53.1 Å². The number of aromatic amines is 1. The van der Waals surface area contributed by atoms with Gasteiger partial charge >= 0.3 is 0 Å². The van der Waals surface area contributed by atoms with Crippen molar-refractivity contribution in [3.8, 4) is 0 Å². The molecular formula is C14H12ClN3. The van der Waals surface area contributed by atoms with E-state index in [1.54, 1.807) is 0 Å². The zero-order valence-corrected chi connectivity index (χ0v) is 10.6. The van der Waals surface area contributed by atoms with E-state index < -0.39 is 0 Å². The first kappa shape index (κ1) is 11.1. The smallest absolute Gasteiger partial charge is 0.205 e. The van der Waals surface area contributed by atoms with Gasteiger partial charge in [-0.15, -0.1) is 0 Å². The van der Waals surface area contributed by atoms with E-state index in [1.807, 2.05) is 36.4 Å². The van der Waals surface area contributed by atoms with E-state index in [4.69, 9.17) is 11.6 Å². The van der Waals surface area contributed by atoms with Crippen molar-refractivity contribution in [2.75, 3.05) is 5.32 Å². The molecule has 1 heterocycles. The van der Waals surface area contributed by atoms with Crippen LogP contribution in [0.4, 0.5) is 11.6 Å². The van der Waals surface area contributed by atoms with Gasteiger partial charge in [-0.05, 0) is 36.8 Å². The van der Waals surface area contributed by atoms with Crippen molar-refractivity contribution in [1.82, 2.24) is 9.97 Å². The van der Waals surface area contributed by atoms with Crippen LogP contribution >= 0.6 is 11.6 Å². The number of benzene rings is 2. The molecule has 0 amide bonds. The van der Waals surface area contributed by atoms with Crippen LogP contribution in [-0.2, 0) is 0 Å². The number of rotatable bonds is 2. The Balaban J connectivity index is 1.98. The van der Waals surface area contributed by atoms with Gasteiger partial charge in [0.1, 0.15) is 0 Å². The number of imidazole rings is 1. The molecule has 3 aromatic rings. The molecule has 90 valence electrons. The van der Waals surface area contributed by atoms with E-state index in [0.717, 1.165) is 16.7 Å². The average molecular weight is 258 g/mol. The minimum atomic E-state index is 0.675. The lowest BCUT2D eigenvalue weighted by molar-refractivity contribution is 1.31. The van der Waals surface area contributed by atoms with Crippen LogP contribution in [0.5, 0.6) is 0 Å². The first-order valence-corrected chi connectivity index (χ1v) is 6.08. The zero-order valence-electron chi connectivity index (χ0n) is 9.87. The van der Waals surface area contributed by atoms with Crippen LogP contribution in [0.1, 0.15) is 5.56 Å². The molecule has 18 heavy (non-hydrogen) atoms. The van der Waals surface area contributed by atoms with E-state index in [9.17, 15) is 0 Å². The average Bonchev–Trinajstić information content (AvgIpc) is 2.73. The van der Waals surface area contributed by atoms with Gasteiger partial charge in [0.05, 0.1) is 21.7 Å². The Labute approximate surface area is 110 Å². The van der Waals surface area contributed by atoms with Gasteiger partial charge in [-0.25, -0.2) is 4.98 Å². The Morgan fingerprint density at radius 3 is 2.83 bits per heavy atom. The third-order valence-electron chi connectivity index (χ3n) is 2.76. The number of aryl methyl sites for hydroxylation is 1. The number of hydrogen-bond donors (Lipinski definition) is 2. The Bertz CT molecular complexity index is 703. The Morgan fingerprint density at radius 2 is 2.00 bits per heavy atom. The third kappa shape index (κ3) is 2.05. The summed E-state index contributed by atoms with van der Waals surface area (Å²) in [5, 5.41) is 3.86. The monoisotopic (exact) mass is 257 g/mol. The second-order valence-corrected chi connectivity index (χ2v) is 4.62.